The normalized spacial score (nSPS) is 12.2. The number of H-pyrrole nitrogens is 2. The summed E-state index contributed by atoms with van der Waals surface area (Å²) < 4.78 is 0. The number of aromatic nitrogens is 12. The minimum absolute atomic E-state index is 0.460. The first-order valence-electron chi connectivity index (χ1n) is 16.7. The van der Waals surface area contributed by atoms with Crippen LogP contribution in [0.1, 0.15) is 0 Å². The Morgan fingerprint density at radius 2 is 0.654 bits per heavy atom. The van der Waals surface area contributed by atoms with Crippen molar-refractivity contribution in [1.82, 2.24) is 59.8 Å². The fourth-order valence-electron chi connectivity index (χ4n) is 7.38. The highest BCUT2D eigenvalue weighted by atomic mass is 15.1. The molecule has 0 unspecified atom stereocenters. The van der Waals surface area contributed by atoms with Crippen LogP contribution in [-0.4, -0.2) is 59.8 Å². The highest BCUT2D eigenvalue weighted by Crippen LogP contribution is 2.38. The molecule has 52 heavy (non-hydrogen) atoms. The van der Waals surface area contributed by atoms with E-state index in [4.69, 9.17) is 49.8 Å². The minimum atomic E-state index is 0.460. The summed E-state index contributed by atoms with van der Waals surface area (Å²) in [7, 11) is 0. The van der Waals surface area contributed by atoms with Crippen LogP contribution in [0.3, 0.4) is 0 Å². The van der Waals surface area contributed by atoms with E-state index < -0.39 is 0 Å². The second-order valence-corrected chi connectivity index (χ2v) is 12.7. The lowest BCUT2D eigenvalue weighted by atomic mass is 10.1. The van der Waals surface area contributed by atoms with E-state index in [1.165, 1.54) is 0 Å². The SMILES string of the molecule is c1ccc2c(c1)-c1nc-2nc2[nH]c(nc3nc(nc4[nH]c(n1)c1ccccc41)-c1ccccc1-3)c1nc3c4cccnc4c4ncccc4c3nc21. The van der Waals surface area contributed by atoms with Crippen molar-refractivity contribution in [3.8, 4) is 45.6 Å². The van der Waals surface area contributed by atoms with E-state index in [0.29, 0.717) is 68.0 Å². The number of rotatable bonds is 0. The van der Waals surface area contributed by atoms with Crippen molar-refractivity contribution in [2.45, 2.75) is 0 Å². The van der Waals surface area contributed by atoms with Crippen molar-refractivity contribution in [1.29, 1.82) is 0 Å². The Morgan fingerprint density at radius 1 is 0.288 bits per heavy atom. The largest absolute Gasteiger partial charge is 0.324 e. The van der Waals surface area contributed by atoms with Gasteiger partial charge in [0.2, 0.25) is 0 Å². The first kappa shape index (κ1) is 27.2. The molecule has 0 radical (unpaired) electrons. The summed E-state index contributed by atoms with van der Waals surface area (Å²) in [6, 6.07) is 31.7. The maximum Gasteiger partial charge on any atom is 0.164 e. The molecule has 0 atom stereocenters. The molecule has 12 nitrogen and oxygen atoms in total. The van der Waals surface area contributed by atoms with E-state index in [2.05, 4.69) is 9.97 Å². The van der Waals surface area contributed by atoms with Gasteiger partial charge in [0.15, 0.2) is 34.6 Å². The van der Waals surface area contributed by atoms with Crippen LogP contribution in [0.15, 0.2) is 109 Å². The average Bonchev–Trinajstić information content (AvgIpc) is 3.93. The number of fused-ring (bicyclic) bond motifs is 26. The molecule has 0 spiro atoms. The smallest absolute Gasteiger partial charge is 0.164 e. The highest BCUT2D eigenvalue weighted by molar-refractivity contribution is 6.22. The summed E-state index contributed by atoms with van der Waals surface area (Å²) >= 11 is 0. The van der Waals surface area contributed by atoms with Gasteiger partial charge in [0, 0.05) is 56.2 Å². The zero-order chi connectivity index (χ0) is 33.9. The van der Waals surface area contributed by atoms with Gasteiger partial charge in [-0.05, 0) is 24.3 Å². The van der Waals surface area contributed by atoms with Crippen molar-refractivity contribution < 1.29 is 0 Å². The van der Waals surface area contributed by atoms with Gasteiger partial charge in [0.25, 0.3) is 0 Å². The molecular weight excluding hydrogens is 649 g/mol. The van der Waals surface area contributed by atoms with Gasteiger partial charge in [-0.2, -0.15) is 0 Å². The maximum absolute atomic E-state index is 5.26. The van der Waals surface area contributed by atoms with Crippen molar-refractivity contribution in [2.24, 2.45) is 0 Å². The van der Waals surface area contributed by atoms with Crippen LogP contribution in [0.2, 0.25) is 0 Å². The van der Waals surface area contributed by atoms with Crippen LogP contribution in [0.4, 0.5) is 0 Å². The van der Waals surface area contributed by atoms with Crippen molar-refractivity contribution in [2.75, 3.05) is 0 Å². The second-order valence-electron chi connectivity index (χ2n) is 12.7. The number of pyridine rings is 2. The summed E-state index contributed by atoms with van der Waals surface area (Å²) in [5, 5.41) is 3.52. The molecule has 2 aliphatic heterocycles. The topological polar surface area (TPSA) is 160 Å². The highest BCUT2D eigenvalue weighted by Gasteiger charge is 2.23. The third-order valence-corrected chi connectivity index (χ3v) is 9.72. The van der Waals surface area contributed by atoms with Gasteiger partial charge in [0.1, 0.15) is 22.3 Å². The number of nitrogens with one attached hydrogen (secondary N) is 2. The van der Waals surface area contributed by atoms with E-state index in [1.807, 2.05) is 97.1 Å². The predicted octanol–water partition coefficient (Wildman–Crippen LogP) is 7.91. The third kappa shape index (κ3) is 3.74. The summed E-state index contributed by atoms with van der Waals surface area (Å²) in [6.45, 7) is 0. The summed E-state index contributed by atoms with van der Waals surface area (Å²) in [5.74, 6) is 2.06. The number of benzene rings is 4. The number of hydrogen-bond donors (Lipinski definition) is 2. The van der Waals surface area contributed by atoms with Crippen molar-refractivity contribution in [3.63, 3.8) is 0 Å². The van der Waals surface area contributed by atoms with Crippen LogP contribution in [0.25, 0.3) is 123 Å². The molecule has 0 saturated carbocycles. The molecule has 2 aliphatic rings. The molecule has 2 N–H and O–H groups in total. The Hall–Kier alpha value is -7.60. The molecule has 4 aromatic carbocycles. The number of aromatic amines is 2. The number of hydrogen-bond acceptors (Lipinski definition) is 10. The van der Waals surface area contributed by atoms with Gasteiger partial charge in [0.05, 0.1) is 22.1 Å². The first-order chi connectivity index (χ1) is 25.7. The zero-order valence-electron chi connectivity index (χ0n) is 26.9. The van der Waals surface area contributed by atoms with Gasteiger partial charge in [-0.15, -0.1) is 0 Å². The molecule has 8 bridgehead atoms. The van der Waals surface area contributed by atoms with Crippen LogP contribution < -0.4 is 0 Å². The number of nitrogens with zero attached hydrogens (tertiary/aromatic N) is 10. The molecule has 12 heteroatoms. The Labute approximate surface area is 291 Å². The molecular formula is C40H20N12. The lowest BCUT2D eigenvalue weighted by Gasteiger charge is -2.07. The molecule has 0 aliphatic carbocycles. The summed E-state index contributed by atoms with van der Waals surface area (Å²) in [6.07, 6.45) is 3.53. The fraction of sp³-hybridized carbons (Fsp3) is 0. The quantitative estimate of drug-likeness (QED) is 0.152. The van der Waals surface area contributed by atoms with E-state index in [-0.39, 0.29) is 0 Å². The second kappa shape index (κ2) is 9.98. The van der Waals surface area contributed by atoms with Crippen molar-refractivity contribution >= 4 is 77.2 Å². The van der Waals surface area contributed by atoms with E-state index in [0.717, 1.165) is 54.8 Å². The van der Waals surface area contributed by atoms with Gasteiger partial charge in [-0.1, -0.05) is 72.8 Å². The maximum atomic E-state index is 5.26. The minimum Gasteiger partial charge on any atom is -0.324 e. The Bertz CT molecular complexity index is 3160. The molecule has 10 aromatic rings. The fourth-order valence-corrected chi connectivity index (χ4v) is 7.38. The molecule has 240 valence electrons. The lowest BCUT2D eigenvalue weighted by Crippen LogP contribution is -1.93. The van der Waals surface area contributed by atoms with Gasteiger partial charge in [-0.25, -0.2) is 39.9 Å². The van der Waals surface area contributed by atoms with Crippen LogP contribution >= 0.6 is 0 Å². The standard InChI is InChI=1S/C40H20N12/c1-2-10-20-19(9-1)33-45-34(20)47-36-22-12-4-6-14-24(22)38(49-36)51-40-32-31(39(52-40)50-37-23-13-5-3-11-21(23)35(46-33)48-37)43-29-25-15-7-17-41-27(25)28-26(30(29)44-32)16-8-18-42-28/h1-18H,(H2,45,46,47,48,49,50,51,52). The zero-order valence-corrected chi connectivity index (χ0v) is 26.9. The van der Waals surface area contributed by atoms with E-state index >= 15 is 0 Å². The molecule has 8 heterocycles. The van der Waals surface area contributed by atoms with Crippen LogP contribution in [-0.2, 0) is 0 Å². The van der Waals surface area contributed by atoms with Crippen LogP contribution in [0.5, 0.6) is 0 Å². The molecule has 12 rings (SSSR count). The van der Waals surface area contributed by atoms with E-state index in [9.17, 15) is 0 Å². The Morgan fingerprint density at radius 3 is 1.10 bits per heavy atom. The summed E-state index contributed by atoms with van der Waals surface area (Å²) in [4.78, 5) is 57.3. The van der Waals surface area contributed by atoms with Crippen LogP contribution in [0, 0.1) is 0 Å². The Kier molecular flexibility index (Phi) is 5.23. The molecule has 0 amide bonds. The average molecular weight is 669 g/mol. The summed E-state index contributed by atoms with van der Waals surface area (Å²) in [5.41, 5.74) is 9.58. The predicted molar refractivity (Wildman–Crippen MR) is 200 cm³/mol. The van der Waals surface area contributed by atoms with Gasteiger partial charge >= 0.3 is 0 Å². The van der Waals surface area contributed by atoms with Crippen molar-refractivity contribution in [3.05, 3.63) is 109 Å². The van der Waals surface area contributed by atoms with Gasteiger partial charge < -0.3 is 9.97 Å². The lowest BCUT2D eigenvalue weighted by molar-refractivity contribution is 1.19. The Balaban J connectivity index is 1.30. The monoisotopic (exact) mass is 668 g/mol. The first-order valence-corrected chi connectivity index (χ1v) is 16.7. The molecule has 0 saturated heterocycles. The van der Waals surface area contributed by atoms with Gasteiger partial charge in [-0.3, -0.25) is 9.97 Å². The molecule has 0 fully saturated rings. The third-order valence-electron chi connectivity index (χ3n) is 9.72. The molecule has 6 aromatic heterocycles. The van der Waals surface area contributed by atoms with E-state index in [1.54, 1.807) is 12.4 Å².